The molecule has 4 fully saturated rings. The summed E-state index contributed by atoms with van der Waals surface area (Å²) in [5.74, 6) is -0.288. The van der Waals surface area contributed by atoms with E-state index in [1.165, 1.54) is 0 Å². The normalized spacial score (nSPS) is 23.3. The highest BCUT2D eigenvalue weighted by Crippen LogP contribution is 2.48. The standard InChI is InChI=1S/C24H29BrFIN6O4/c1-24(2,3)37-23(34)32-8-11-6-15(32)18(11)28-20-13-7-14(27)16(25)17(26)19(13)29-22(21(20)33(35)36)31-9-12(10-31)30(4)5/h7,11-12,15,18H,6,8-10H2,1-5H3,(H,28,29). The first-order chi connectivity index (χ1) is 17.3. The molecule has 2 aromatic rings. The molecule has 1 amide bonds. The number of nitrogens with zero attached hydrogens (tertiary/aromatic N) is 5. The van der Waals surface area contributed by atoms with Gasteiger partial charge in [-0.25, -0.2) is 14.2 Å². The Morgan fingerprint density at radius 3 is 2.62 bits per heavy atom. The molecule has 6 rings (SSSR count). The van der Waals surface area contributed by atoms with Gasteiger partial charge in [0.25, 0.3) is 0 Å². The topological polar surface area (TPSA) is 104 Å². The predicted octanol–water partition coefficient (Wildman–Crippen LogP) is 4.82. The Hall–Kier alpha value is -2.00. The largest absolute Gasteiger partial charge is 0.444 e. The van der Waals surface area contributed by atoms with E-state index in [0.717, 1.165) is 6.42 Å². The Morgan fingerprint density at radius 2 is 2.03 bits per heavy atom. The molecule has 3 unspecified atom stereocenters. The van der Waals surface area contributed by atoms with E-state index < -0.39 is 16.3 Å². The molecule has 1 aliphatic carbocycles. The Kier molecular flexibility index (Phi) is 6.71. The number of pyridine rings is 1. The van der Waals surface area contributed by atoms with E-state index in [1.807, 2.05) is 62.4 Å². The van der Waals surface area contributed by atoms with E-state index in [2.05, 4.69) is 31.1 Å². The Morgan fingerprint density at radius 1 is 1.35 bits per heavy atom. The Balaban J connectivity index is 1.56. The molecule has 1 N–H and O–H groups in total. The number of halogens is 3. The molecule has 200 valence electrons. The first kappa shape index (κ1) is 26.6. The van der Waals surface area contributed by atoms with Gasteiger partial charge in [-0.1, -0.05) is 0 Å². The number of amides is 1. The minimum absolute atomic E-state index is 0.0689. The highest BCUT2D eigenvalue weighted by atomic mass is 127. The second-order valence-electron chi connectivity index (χ2n) is 11.2. The predicted molar refractivity (Wildman–Crippen MR) is 151 cm³/mol. The number of likely N-dealkylation sites (N-methyl/N-ethyl adjacent to an activating group) is 1. The summed E-state index contributed by atoms with van der Waals surface area (Å²) >= 11 is 5.29. The Bertz CT molecular complexity index is 1300. The molecule has 3 saturated heterocycles. The number of carbonyl (C=O) groups excluding carboxylic acids is 1. The molecule has 3 atom stereocenters. The first-order valence-corrected chi connectivity index (χ1v) is 14.0. The van der Waals surface area contributed by atoms with Crippen molar-refractivity contribution in [3.05, 3.63) is 30.0 Å². The van der Waals surface area contributed by atoms with Crippen LogP contribution in [0.4, 0.5) is 26.4 Å². The zero-order valence-electron chi connectivity index (χ0n) is 21.2. The number of ether oxygens (including phenoxy) is 1. The minimum Gasteiger partial charge on any atom is -0.444 e. The number of fused-ring (bicyclic) bond motifs is 2. The van der Waals surface area contributed by atoms with Gasteiger partial charge < -0.3 is 24.8 Å². The molecular weight excluding hydrogens is 662 g/mol. The number of rotatable bonds is 5. The molecule has 1 aromatic carbocycles. The quantitative estimate of drug-likeness (QED) is 0.206. The number of anilines is 2. The highest BCUT2D eigenvalue weighted by Gasteiger charge is 2.55. The summed E-state index contributed by atoms with van der Waals surface area (Å²) in [5.41, 5.74) is -0.476. The number of hydrogen-bond acceptors (Lipinski definition) is 8. The van der Waals surface area contributed by atoms with Gasteiger partial charge in [0.15, 0.2) is 5.82 Å². The van der Waals surface area contributed by atoms with E-state index in [9.17, 15) is 14.9 Å². The van der Waals surface area contributed by atoms with Crippen molar-refractivity contribution < 1.29 is 18.8 Å². The van der Waals surface area contributed by atoms with Gasteiger partial charge in [-0.15, -0.1) is 0 Å². The molecule has 0 spiro atoms. The minimum atomic E-state index is -0.620. The zero-order chi connectivity index (χ0) is 27.0. The molecule has 1 aromatic heterocycles. The number of nitrogens with one attached hydrogen (secondary N) is 1. The third-order valence-electron chi connectivity index (χ3n) is 7.38. The Labute approximate surface area is 236 Å². The lowest BCUT2D eigenvalue weighted by molar-refractivity contribution is -0.383. The van der Waals surface area contributed by atoms with Crippen molar-refractivity contribution in [3.8, 4) is 0 Å². The molecule has 1 saturated carbocycles. The van der Waals surface area contributed by atoms with Crippen molar-refractivity contribution in [2.45, 2.75) is 50.9 Å². The molecule has 37 heavy (non-hydrogen) atoms. The molecule has 0 radical (unpaired) electrons. The fraction of sp³-hybridized carbons (Fsp3) is 0.583. The van der Waals surface area contributed by atoms with Gasteiger partial charge in [-0.05, 0) is 85.9 Å². The number of nitro groups is 1. The second kappa shape index (κ2) is 9.33. The summed E-state index contributed by atoms with van der Waals surface area (Å²) in [6.45, 7) is 7.08. The van der Waals surface area contributed by atoms with E-state index in [1.54, 1.807) is 11.0 Å². The van der Waals surface area contributed by atoms with Crippen molar-refractivity contribution in [1.82, 2.24) is 14.8 Å². The van der Waals surface area contributed by atoms with Crippen LogP contribution in [0.25, 0.3) is 10.9 Å². The summed E-state index contributed by atoms with van der Waals surface area (Å²) in [7, 11) is 3.91. The molecule has 4 heterocycles. The lowest BCUT2D eigenvalue weighted by Gasteiger charge is -2.43. The summed E-state index contributed by atoms with van der Waals surface area (Å²) in [4.78, 5) is 34.9. The molecular formula is C24H29BrFIN6O4. The lowest BCUT2D eigenvalue weighted by Crippen LogP contribution is -2.58. The van der Waals surface area contributed by atoms with Gasteiger partial charge in [0.2, 0.25) is 5.82 Å². The van der Waals surface area contributed by atoms with Crippen LogP contribution < -0.4 is 10.2 Å². The zero-order valence-corrected chi connectivity index (χ0v) is 25.0. The molecule has 4 aliphatic rings. The van der Waals surface area contributed by atoms with Gasteiger partial charge in [-0.2, -0.15) is 0 Å². The smallest absolute Gasteiger partial charge is 0.410 e. The van der Waals surface area contributed by atoms with Crippen LogP contribution in [0.2, 0.25) is 0 Å². The number of carbonyl (C=O) groups is 1. The fourth-order valence-corrected chi connectivity index (χ4v) is 6.16. The maximum atomic E-state index is 15.5. The summed E-state index contributed by atoms with van der Waals surface area (Å²) < 4.78 is 21.9. The van der Waals surface area contributed by atoms with E-state index >= 15 is 4.39 Å². The van der Waals surface area contributed by atoms with Crippen LogP contribution in [0, 0.1) is 25.4 Å². The van der Waals surface area contributed by atoms with Crippen LogP contribution in [0.3, 0.4) is 0 Å². The third-order valence-corrected chi connectivity index (χ3v) is 9.75. The van der Waals surface area contributed by atoms with Crippen molar-refractivity contribution in [2.24, 2.45) is 5.92 Å². The van der Waals surface area contributed by atoms with Gasteiger partial charge in [-0.3, -0.25) is 10.1 Å². The van der Waals surface area contributed by atoms with Gasteiger partial charge in [0, 0.05) is 40.6 Å². The van der Waals surface area contributed by atoms with Crippen molar-refractivity contribution in [3.63, 3.8) is 0 Å². The van der Waals surface area contributed by atoms with Crippen molar-refractivity contribution >= 4 is 72.7 Å². The van der Waals surface area contributed by atoms with E-state index in [4.69, 9.17) is 4.74 Å². The van der Waals surface area contributed by atoms with Gasteiger partial charge in [0.05, 0.1) is 21.5 Å². The molecule has 2 bridgehead atoms. The average Bonchev–Trinajstić information content (AvgIpc) is 3.34. The average molecular weight is 691 g/mol. The van der Waals surface area contributed by atoms with Gasteiger partial charge in [0.1, 0.15) is 16.8 Å². The SMILES string of the molecule is CN(C)C1CN(c2nc3c(F)c(Br)c(I)cc3c(NC3C4CC3N(C(=O)OC(C)(C)C)C4)c2[N+](=O)[O-])C1. The first-order valence-electron chi connectivity index (χ1n) is 12.1. The monoisotopic (exact) mass is 690 g/mol. The second-order valence-corrected chi connectivity index (χ2v) is 13.1. The van der Waals surface area contributed by atoms with Crippen LogP contribution in [-0.2, 0) is 4.74 Å². The molecule has 13 heteroatoms. The maximum absolute atomic E-state index is 15.5. The summed E-state index contributed by atoms with van der Waals surface area (Å²) in [5, 5.41) is 16.2. The van der Waals surface area contributed by atoms with E-state index in [-0.39, 0.29) is 57.3 Å². The third kappa shape index (κ3) is 4.60. The van der Waals surface area contributed by atoms with Crippen LogP contribution >= 0.6 is 38.5 Å². The highest BCUT2D eigenvalue weighted by molar-refractivity contribution is 14.1. The fourth-order valence-electron chi connectivity index (χ4n) is 5.31. The van der Waals surface area contributed by atoms with Crippen LogP contribution in [0.15, 0.2) is 10.5 Å². The van der Waals surface area contributed by atoms with Crippen molar-refractivity contribution in [2.75, 3.05) is 43.9 Å². The van der Waals surface area contributed by atoms with Crippen molar-refractivity contribution in [1.29, 1.82) is 0 Å². The number of hydrogen-bond donors (Lipinski definition) is 1. The van der Waals surface area contributed by atoms with E-state index in [0.29, 0.717) is 28.6 Å². The lowest BCUT2D eigenvalue weighted by atomic mass is 9.79. The summed E-state index contributed by atoms with van der Waals surface area (Å²) in [6.07, 6.45) is 0.396. The number of aromatic nitrogens is 1. The van der Waals surface area contributed by atoms with Gasteiger partial charge >= 0.3 is 11.8 Å². The van der Waals surface area contributed by atoms with Crippen LogP contribution in [-0.4, -0.2) is 83.3 Å². The number of benzene rings is 1. The molecule has 3 aliphatic heterocycles. The maximum Gasteiger partial charge on any atom is 0.410 e. The molecule has 10 nitrogen and oxygen atoms in total. The van der Waals surface area contributed by atoms with Crippen LogP contribution in [0.5, 0.6) is 0 Å². The summed E-state index contributed by atoms with van der Waals surface area (Å²) in [6, 6.07) is 1.57. The van der Waals surface area contributed by atoms with Crippen LogP contribution in [0.1, 0.15) is 27.2 Å².